The number of halogens is 1. The van der Waals surface area contributed by atoms with E-state index in [-0.39, 0.29) is 4.90 Å². The van der Waals surface area contributed by atoms with E-state index in [1.165, 1.54) is 16.1 Å². The number of fused-ring (bicyclic) bond motifs is 1. The Bertz CT molecular complexity index is 898. The van der Waals surface area contributed by atoms with Gasteiger partial charge in [-0.2, -0.15) is 0 Å². The third-order valence-electron chi connectivity index (χ3n) is 3.24. The van der Waals surface area contributed by atoms with Crippen molar-refractivity contribution in [3.8, 4) is 5.75 Å². The molecule has 0 saturated heterocycles. The normalized spacial score (nSPS) is 11.7. The first kappa shape index (κ1) is 14.2. The van der Waals surface area contributed by atoms with Crippen LogP contribution < -0.4 is 4.74 Å². The van der Waals surface area contributed by atoms with Gasteiger partial charge in [0.05, 0.1) is 17.5 Å². The van der Waals surface area contributed by atoms with Gasteiger partial charge in [0.1, 0.15) is 5.75 Å². The molecule has 0 spiro atoms. The minimum absolute atomic E-state index is 0.219. The number of rotatable bonds is 3. The van der Waals surface area contributed by atoms with Gasteiger partial charge in [-0.3, -0.25) is 0 Å². The Morgan fingerprint density at radius 2 is 1.76 bits per heavy atom. The van der Waals surface area contributed by atoms with Crippen LogP contribution in [0.25, 0.3) is 10.9 Å². The summed E-state index contributed by atoms with van der Waals surface area (Å²) in [4.78, 5) is 0.219. The summed E-state index contributed by atoms with van der Waals surface area (Å²) in [5.41, 5.74) is 0.633. The number of benzene rings is 2. The molecule has 0 atom stereocenters. The van der Waals surface area contributed by atoms with E-state index in [1.807, 2.05) is 18.2 Å². The summed E-state index contributed by atoms with van der Waals surface area (Å²) < 4.78 is 32.6. The first-order chi connectivity index (χ1) is 10.0. The Morgan fingerprint density at radius 3 is 2.43 bits per heavy atom. The maximum Gasteiger partial charge on any atom is 0.268 e. The van der Waals surface area contributed by atoms with Gasteiger partial charge < -0.3 is 4.74 Å². The molecule has 21 heavy (non-hydrogen) atoms. The summed E-state index contributed by atoms with van der Waals surface area (Å²) in [6.45, 7) is 0. The molecule has 0 bridgehead atoms. The van der Waals surface area contributed by atoms with E-state index in [2.05, 4.69) is 15.9 Å². The van der Waals surface area contributed by atoms with Gasteiger partial charge in [0.25, 0.3) is 10.0 Å². The summed E-state index contributed by atoms with van der Waals surface area (Å²) >= 11 is 3.41. The number of hydrogen-bond donors (Lipinski definition) is 0. The molecule has 0 N–H and O–H groups in total. The highest BCUT2D eigenvalue weighted by atomic mass is 79.9. The molecule has 4 nitrogen and oxygen atoms in total. The average molecular weight is 366 g/mol. The molecular formula is C15H12BrNO3S. The fourth-order valence-electron chi connectivity index (χ4n) is 2.18. The second-order valence-corrected chi connectivity index (χ2v) is 7.14. The number of para-hydroxylation sites is 1. The molecule has 0 aliphatic carbocycles. The lowest BCUT2D eigenvalue weighted by atomic mass is 10.3. The molecule has 1 heterocycles. The summed E-state index contributed by atoms with van der Waals surface area (Å²) in [5.74, 6) is 0.618. The van der Waals surface area contributed by atoms with Gasteiger partial charge in [0, 0.05) is 16.1 Å². The van der Waals surface area contributed by atoms with Crippen molar-refractivity contribution < 1.29 is 13.2 Å². The lowest BCUT2D eigenvalue weighted by Crippen LogP contribution is -2.11. The van der Waals surface area contributed by atoms with Crippen LogP contribution in [0.3, 0.4) is 0 Å². The average Bonchev–Trinajstić information content (AvgIpc) is 2.93. The zero-order valence-electron chi connectivity index (χ0n) is 11.2. The number of methoxy groups -OCH3 is 1. The standard InChI is InChI=1S/C15H12BrNO3S/c1-20-12-5-7-13(8-6-12)21(18,19)17-10-9-11-3-2-4-14(16)15(11)17/h2-10H,1H3. The SMILES string of the molecule is COc1ccc(S(=O)(=O)n2ccc3cccc(Br)c32)cc1. The molecule has 1 aromatic heterocycles. The highest BCUT2D eigenvalue weighted by Crippen LogP contribution is 2.28. The van der Waals surface area contributed by atoms with E-state index in [4.69, 9.17) is 4.74 Å². The quantitative estimate of drug-likeness (QED) is 0.711. The Kier molecular flexibility index (Phi) is 3.51. The second-order valence-electron chi connectivity index (χ2n) is 4.47. The van der Waals surface area contributed by atoms with Gasteiger partial charge in [-0.1, -0.05) is 12.1 Å². The van der Waals surface area contributed by atoms with Gasteiger partial charge in [-0.25, -0.2) is 12.4 Å². The zero-order chi connectivity index (χ0) is 15.0. The van der Waals surface area contributed by atoms with Crippen LogP contribution >= 0.6 is 15.9 Å². The smallest absolute Gasteiger partial charge is 0.268 e. The maximum atomic E-state index is 12.8. The molecule has 3 rings (SSSR count). The molecule has 6 heteroatoms. The minimum Gasteiger partial charge on any atom is -0.497 e. The van der Waals surface area contributed by atoms with Crippen LogP contribution in [-0.2, 0) is 10.0 Å². The highest BCUT2D eigenvalue weighted by Gasteiger charge is 2.20. The summed E-state index contributed by atoms with van der Waals surface area (Å²) in [6, 6.07) is 13.7. The molecule has 0 amide bonds. The monoisotopic (exact) mass is 365 g/mol. The van der Waals surface area contributed by atoms with E-state index >= 15 is 0 Å². The summed E-state index contributed by atoms with van der Waals surface area (Å²) in [6.07, 6.45) is 1.56. The van der Waals surface area contributed by atoms with Crippen molar-refractivity contribution in [2.75, 3.05) is 7.11 Å². The van der Waals surface area contributed by atoms with Crippen LogP contribution in [0.4, 0.5) is 0 Å². The van der Waals surface area contributed by atoms with Gasteiger partial charge in [0.2, 0.25) is 0 Å². The largest absolute Gasteiger partial charge is 0.497 e. The lowest BCUT2D eigenvalue weighted by molar-refractivity contribution is 0.414. The third-order valence-corrected chi connectivity index (χ3v) is 5.57. The predicted molar refractivity (Wildman–Crippen MR) is 85.2 cm³/mol. The van der Waals surface area contributed by atoms with Crippen LogP contribution in [0.15, 0.2) is 64.1 Å². The van der Waals surface area contributed by atoms with Crippen LogP contribution in [0, 0.1) is 0 Å². The first-order valence-electron chi connectivity index (χ1n) is 6.19. The van der Waals surface area contributed by atoms with E-state index in [0.29, 0.717) is 11.3 Å². The lowest BCUT2D eigenvalue weighted by Gasteiger charge is -2.09. The topological polar surface area (TPSA) is 48.3 Å². The Labute approximate surface area is 131 Å². The highest BCUT2D eigenvalue weighted by molar-refractivity contribution is 9.10. The van der Waals surface area contributed by atoms with Crippen molar-refractivity contribution in [1.82, 2.24) is 3.97 Å². The van der Waals surface area contributed by atoms with E-state index in [9.17, 15) is 8.42 Å². The third kappa shape index (κ3) is 2.34. The molecule has 0 saturated carbocycles. The summed E-state index contributed by atoms with van der Waals surface area (Å²) in [7, 11) is -2.10. The van der Waals surface area contributed by atoms with Gasteiger partial charge in [0.15, 0.2) is 0 Å². The fourth-order valence-corrected chi connectivity index (χ4v) is 4.25. The number of aromatic nitrogens is 1. The van der Waals surface area contributed by atoms with E-state index in [0.717, 1.165) is 9.86 Å². The fraction of sp³-hybridized carbons (Fsp3) is 0.0667. The molecule has 2 aromatic carbocycles. The van der Waals surface area contributed by atoms with Crippen molar-refractivity contribution in [3.63, 3.8) is 0 Å². The Balaban J connectivity index is 2.20. The van der Waals surface area contributed by atoms with E-state index < -0.39 is 10.0 Å². The van der Waals surface area contributed by atoms with Crippen LogP contribution in [-0.4, -0.2) is 19.5 Å². The van der Waals surface area contributed by atoms with Gasteiger partial charge in [-0.15, -0.1) is 0 Å². The second kappa shape index (κ2) is 5.20. The number of nitrogens with zero attached hydrogens (tertiary/aromatic N) is 1. The van der Waals surface area contributed by atoms with Crippen molar-refractivity contribution >= 4 is 36.9 Å². The van der Waals surface area contributed by atoms with Crippen molar-refractivity contribution in [2.45, 2.75) is 4.90 Å². The van der Waals surface area contributed by atoms with Crippen molar-refractivity contribution in [1.29, 1.82) is 0 Å². The Hall–Kier alpha value is -1.79. The maximum absolute atomic E-state index is 12.8. The molecule has 0 aliphatic rings. The molecule has 108 valence electrons. The molecule has 3 aromatic rings. The number of hydrogen-bond acceptors (Lipinski definition) is 3. The van der Waals surface area contributed by atoms with Crippen molar-refractivity contribution in [3.05, 3.63) is 59.2 Å². The van der Waals surface area contributed by atoms with Crippen LogP contribution in [0.2, 0.25) is 0 Å². The van der Waals surface area contributed by atoms with Crippen LogP contribution in [0.1, 0.15) is 0 Å². The van der Waals surface area contributed by atoms with Gasteiger partial charge in [-0.05, 0) is 52.3 Å². The first-order valence-corrected chi connectivity index (χ1v) is 8.42. The van der Waals surface area contributed by atoms with Gasteiger partial charge >= 0.3 is 0 Å². The molecule has 0 aliphatic heterocycles. The molecule has 0 unspecified atom stereocenters. The number of ether oxygens (including phenoxy) is 1. The predicted octanol–water partition coefficient (Wildman–Crippen LogP) is 3.65. The Morgan fingerprint density at radius 1 is 1.05 bits per heavy atom. The summed E-state index contributed by atoms with van der Waals surface area (Å²) in [5, 5.41) is 0.862. The molecule has 0 radical (unpaired) electrons. The molecular weight excluding hydrogens is 354 g/mol. The minimum atomic E-state index is -3.64. The molecule has 0 fully saturated rings. The zero-order valence-corrected chi connectivity index (χ0v) is 13.6. The van der Waals surface area contributed by atoms with Crippen molar-refractivity contribution in [2.24, 2.45) is 0 Å². The van der Waals surface area contributed by atoms with Crippen LogP contribution in [0.5, 0.6) is 5.75 Å². The van der Waals surface area contributed by atoms with E-state index in [1.54, 1.807) is 31.5 Å².